The lowest BCUT2D eigenvalue weighted by molar-refractivity contribution is 0.278. The molecule has 0 radical (unpaired) electrons. The summed E-state index contributed by atoms with van der Waals surface area (Å²) in [5.41, 5.74) is 0.208. The van der Waals surface area contributed by atoms with Crippen molar-refractivity contribution in [1.29, 1.82) is 0 Å². The van der Waals surface area contributed by atoms with E-state index in [1.54, 1.807) is 0 Å². The largest absolute Gasteiger partial charge is 0.392 e. The Morgan fingerprint density at radius 3 is 2.65 bits per heavy atom. The number of hydrogen-bond acceptors (Lipinski definition) is 3. The highest BCUT2D eigenvalue weighted by Crippen LogP contribution is 2.27. The normalized spacial score (nSPS) is 16.7. The molecular formula is C14H20FNO3S. The average Bonchev–Trinajstić information content (AvgIpc) is 2.91. The molecule has 1 saturated carbocycles. The van der Waals surface area contributed by atoms with Crippen LogP contribution in [0.15, 0.2) is 23.1 Å². The number of aliphatic hydroxyl groups is 1. The van der Waals surface area contributed by atoms with E-state index in [0.29, 0.717) is 12.5 Å². The standard InChI is InChI=1S/C14H20FNO3S/c15-13-6-5-12(10-17)14(9-13)20(18,19)16-8-7-11-3-1-2-4-11/h5-6,9,11,16-17H,1-4,7-8,10H2. The Morgan fingerprint density at radius 1 is 1.30 bits per heavy atom. The molecule has 0 aromatic heterocycles. The van der Waals surface area contributed by atoms with Crippen molar-refractivity contribution in [2.24, 2.45) is 5.92 Å². The van der Waals surface area contributed by atoms with E-state index in [4.69, 9.17) is 5.11 Å². The molecule has 1 aliphatic rings. The van der Waals surface area contributed by atoms with Crippen molar-refractivity contribution in [2.75, 3.05) is 6.54 Å². The zero-order chi connectivity index (χ0) is 14.6. The Bertz CT molecular complexity index is 554. The molecule has 4 nitrogen and oxygen atoms in total. The van der Waals surface area contributed by atoms with Crippen molar-refractivity contribution in [3.05, 3.63) is 29.6 Å². The number of halogens is 1. The molecule has 0 bridgehead atoms. The van der Waals surface area contributed by atoms with Crippen LogP contribution in [0, 0.1) is 11.7 Å². The fraction of sp³-hybridized carbons (Fsp3) is 0.571. The highest BCUT2D eigenvalue weighted by molar-refractivity contribution is 7.89. The Kier molecular flexibility index (Phi) is 5.12. The van der Waals surface area contributed by atoms with Crippen molar-refractivity contribution in [3.63, 3.8) is 0 Å². The van der Waals surface area contributed by atoms with E-state index in [1.165, 1.54) is 18.9 Å². The fourth-order valence-corrected chi connectivity index (χ4v) is 3.97. The third kappa shape index (κ3) is 3.77. The maximum Gasteiger partial charge on any atom is 0.241 e. The summed E-state index contributed by atoms with van der Waals surface area (Å²) in [6, 6.07) is 3.38. The molecular weight excluding hydrogens is 281 g/mol. The average molecular weight is 301 g/mol. The molecule has 0 amide bonds. The molecule has 112 valence electrons. The lowest BCUT2D eigenvalue weighted by Crippen LogP contribution is -2.27. The van der Waals surface area contributed by atoms with Gasteiger partial charge in [-0.15, -0.1) is 0 Å². The number of aliphatic hydroxyl groups excluding tert-OH is 1. The highest BCUT2D eigenvalue weighted by Gasteiger charge is 2.20. The molecule has 0 unspecified atom stereocenters. The number of rotatable bonds is 6. The lowest BCUT2D eigenvalue weighted by Gasteiger charge is -2.12. The molecule has 0 atom stereocenters. The molecule has 6 heteroatoms. The highest BCUT2D eigenvalue weighted by atomic mass is 32.2. The SMILES string of the molecule is O=S(=O)(NCCC1CCCC1)c1cc(F)ccc1CO. The predicted octanol–water partition coefficient (Wildman–Crippen LogP) is 2.18. The summed E-state index contributed by atoms with van der Waals surface area (Å²) >= 11 is 0. The second-order valence-corrected chi connectivity index (χ2v) is 6.98. The first-order valence-corrected chi connectivity index (χ1v) is 8.40. The number of benzene rings is 1. The summed E-state index contributed by atoms with van der Waals surface area (Å²) in [4.78, 5) is -0.175. The van der Waals surface area contributed by atoms with E-state index in [2.05, 4.69) is 4.72 Å². The van der Waals surface area contributed by atoms with Gasteiger partial charge in [0, 0.05) is 6.54 Å². The molecule has 20 heavy (non-hydrogen) atoms. The quantitative estimate of drug-likeness (QED) is 0.846. The number of sulfonamides is 1. The van der Waals surface area contributed by atoms with Gasteiger partial charge in [-0.25, -0.2) is 17.5 Å². The number of hydrogen-bond donors (Lipinski definition) is 2. The molecule has 1 aliphatic carbocycles. The first-order chi connectivity index (χ1) is 9.53. The van der Waals surface area contributed by atoms with Crippen molar-refractivity contribution in [3.8, 4) is 0 Å². The summed E-state index contributed by atoms with van der Waals surface area (Å²) in [7, 11) is -3.77. The van der Waals surface area contributed by atoms with Gasteiger partial charge in [-0.05, 0) is 30.0 Å². The van der Waals surface area contributed by atoms with Gasteiger partial charge in [0.25, 0.3) is 0 Å². The van der Waals surface area contributed by atoms with Crippen molar-refractivity contribution in [1.82, 2.24) is 4.72 Å². The van der Waals surface area contributed by atoms with Gasteiger partial charge in [-0.3, -0.25) is 0 Å². The molecule has 0 heterocycles. The van der Waals surface area contributed by atoms with Crippen LogP contribution in [0.2, 0.25) is 0 Å². The van der Waals surface area contributed by atoms with Crippen LogP contribution in [-0.4, -0.2) is 20.1 Å². The molecule has 2 N–H and O–H groups in total. The maximum absolute atomic E-state index is 13.2. The van der Waals surface area contributed by atoms with Gasteiger partial charge >= 0.3 is 0 Å². The summed E-state index contributed by atoms with van der Waals surface area (Å²) in [6.45, 7) is -0.0759. The number of nitrogens with one attached hydrogen (secondary N) is 1. The second-order valence-electron chi connectivity index (χ2n) is 5.25. The maximum atomic E-state index is 13.2. The summed E-state index contributed by atoms with van der Waals surface area (Å²) in [6.07, 6.45) is 5.56. The van der Waals surface area contributed by atoms with Crippen LogP contribution in [-0.2, 0) is 16.6 Å². The second kappa shape index (κ2) is 6.65. The minimum atomic E-state index is -3.77. The van der Waals surface area contributed by atoms with Gasteiger partial charge in [0.15, 0.2) is 0 Å². The minimum Gasteiger partial charge on any atom is -0.392 e. The van der Waals surface area contributed by atoms with Crippen LogP contribution in [0.4, 0.5) is 4.39 Å². The predicted molar refractivity (Wildman–Crippen MR) is 74.1 cm³/mol. The Labute approximate surface area is 119 Å². The van der Waals surface area contributed by atoms with Crippen LogP contribution >= 0.6 is 0 Å². The van der Waals surface area contributed by atoms with Gasteiger partial charge in [0.2, 0.25) is 10.0 Å². The van der Waals surface area contributed by atoms with Crippen LogP contribution in [0.5, 0.6) is 0 Å². The summed E-state index contributed by atoms with van der Waals surface area (Å²) in [5, 5.41) is 9.16. The summed E-state index contributed by atoms with van der Waals surface area (Å²) < 4.78 is 40.0. The minimum absolute atomic E-state index is 0.175. The zero-order valence-corrected chi connectivity index (χ0v) is 12.1. The molecule has 2 rings (SSSR count). The molecule has 0 saturated heterocycles. The topological polar surface area (TPSA) is 66.4 Å². The van der Waals surface area contributed by atoms with Crippen LogP contribution < -0.4 is 4.72 Å². The molecule has 0 aliphatic heterocycles. The Hall–Kier alpha value is -0.980. The van der Waals surface area contributed by atoms with Crippen LogP contribution in [0.3, 0.4) is 0 Å². The Balaban J connectivity index is 2.03. The van der Waals surface area contributed by atoms with Crippen molar-refractivity contribution < 1.29 is 17.9 Å². The molecule has 1 aromatic rings. The van der Waals surface area contributed by atoms with Gasteiger partial charge in [-0.2, -0.15) is 0 Å². The van der Waals surface area contributed by atoms with E-state index >= 15 is 0 Å². The molecule has 0 spiro atoms. The van der Waals surface area contributed by atoms with Gasteiger partial charge in [-0.1, -0.05) is 31.7 Å². The monoisotopic (exact) mass is 301 g/mol. The zero-order valence-electron chi connectivity index (χ0n) is 11.3. The van der Waals surface area contributed by atoms with E-state index in [0.717, 1.165) is 31.4 Å². The first kappa shape index (κ1) is 15.4. The third-order valence-electron chi connectivity index (χ3n) is 3.81. The molecule has 1 fully saturated rings. The van der Waals surface area contributed by atoms with Crippen molar-refractivity contribution >= 4 is 10.0 Å². The smallest absolute Gasteiger partial charge is 0.241 e. The van der Waals surface area contributed by atoms with E-state index in [-0.39, 0.29) is 10.5 Å². The van der Waals surface area contributed by atoms with Gasteiger partial charge < -0.3 is 5.11 Å². The lowest BCUT2D eigenvalue weighted by atomic mass is 10.1. The fourth-order valence-electron chi connectivity index (χ4n) is 2.68. The Morgan fingerprint density at radius 2 is 2.00 bits per heavy atom. The van der Waals surface area contributed by atoms with E-state index < -0.39 is 22.4 Å². The van der Waals surface area contributed by atoms with Gasteiger partial charge in [0.1, 0.15) is 5.82 Å². The first-order valence-electron chi connectivity index (χ1n) is 6.92. The summed E-state index contributed by atoms with van der Waals surface area (Å²) in [5.74, 6) is -0.0408. The molecule has 1 aromatic carbocycles. The van der Waals surface area contributed by atoms with Gasteiger partial charge in [0.05, 0.1) is 11.5 Å². The third-order valence-corrected chi connectivity index (χ3v) is 5.35. The van der Waals surface area contributed by atoms with E-state index in [1.807, 2.05) is 0 Å². The van der Waals surface area contributed by atoms with Crippen LogP contribution in [0.25, 0.3) is 0 Å². The van der Waals surface area contributed by atoms with Crippen LogP contribution in [0.1, 0.15) is 37.7 Å². The van der Waals surface area contributed by atoms with Crippen molar-refractivity contribution in [2.45, 2.75) is 43.6 Å². The van der Waals surface area contributed by atoms with E-state index in [9.17, 15) is 12.8 Å².